The average molecular weight is 419 g/mol. The topological polar surface area (TPSA) is 75.7 Å². The summed E-state index contributed by atoms with van der Waals surface area (Å²) in [5, 5.41) is 3.25. The molecule has 6 nitrogen and oxygen atoms in total. The molecule has 1 aliphatic heterocycles. The fourth-order valence-electron chi connectivity index (χ4n) is 2.74. The van der Waals surface area contributed by atoms with Crippen molar-refractivity contribution in [1.29, 1.82) is 0 Å². The molecule has 1 heterocycles. The van der Waals surface area contributed by atoms with E-state index in [1.807, 2.05) is 0 Å². The molecule has 0 saturated carbocycles. The number of hydrogen-bond donors (Lipinski definition) is 1. The van der Waals surface area contributed by atoms with Gasteiger partial charge in [0.1, 0.15) is 6.54 Å². The van der Waals surface area contributed by atoms with Crippen LogP contribution in [0, 0.1) is 0 Å². The Bertz CT molecular complexity index is 955. The minimum absolute atomic E-state index is 0.260. The van der Waals surface area contributed by atoms with Gasteiger partial charge in [0.2, 0.25) is 0 Å². The standard InChI is InChI=1S/C20H16Cl2N2O4/c1-11-14-5-3-4-6-15(14)20(27)24(11)10-18(25)28-12(2)19(26)23-17-8-7-13(21)9-16(17)22/h3-9,12H,1,10H2,2H3,(H,23,26)/t12-/m0/s1. The van der Waals surface area contributed by atoms with Crippen molar-refractivity contribution in [2.45, 2.75) is 13.0 Å². The second-order valence-electron chi connectivity index (χ2n) is 6.13. The number of anilines is 1. The highest BCUT2D eigenvalue weighted by atomic mass is 35.5. The van der Waals surface area contributed by atoms with Crippen molar-refractivity contribution < 1.29 is 19.1 Å². The summed E-state index contributed by atoms with van der Waals surface area (Å²) in [6.45, 7) is 4.94. The van der Waals surface area contributed by atoms with Gasteiger partial charge in [0.25, 0.3) is 11.8 Å². The molecule has 0 aliphatic carbocycles. The second kappa shape index (κ2) is 8.04. The first-order valence-corrected chi connectivity index (χ1v) is 9.09. The smallest absolute Gasteiger partial charge is 0.326 e. The number of esters is 1. The van der Waals surface area contributed by atoms with E-state index < -0.39 is 18.0 Å². The van der Waals surface area contributed by atoms with Crippen molar-refractivity contribution in [3.63, 3.8) is 0 Å². The summed E-state index contributed by atoms with van der Waals surface area (Å²) in [4.78, 5) is 38.1. The molecule has 1 N–H and O–H groups in total. The number of nitrogens with one attached hydrogen (secondary N) is 1. The van der Waals surface area contributed by atoms with Crippen molar-refractivity contribution in [3.05, 3.63) is 70.2 Å². The molecule has 0 saturated heterocycles. The molecule has 0 radical (unpaired) electrons. The van der Waals surface area contributed by atoms with Crippen LogP contribution in [0.3, 0.4) is 0 Å². The third kappa shape index (κ3) is 4.03. The van der Waals surface area contributed by atoms with Crippen LogP contribution in [0.15, 0.2) is 49.0 Å². The van der Waals surface area contributed by atoms with E-state index in [1.54, 1.807) is 36.4 Å². The summed E-state index contributed by atoms with van der Waals surface area (Å²) in [6.07, 6.45) is -1.09. The number of halogens is 2. The maximum absolute atomic E-state index is 12.4. The van der Waals surface area contributed by atoms with Gasteiger partial charge in [-0.1, -0.05) is 48.0 Å². The maximum Gasteiger partial charge on any atom is 0.326 e. The minimum atomic E-state index is -1.09. The molecule has 0 bridgehead atoms. The second-order valence-corrected chi connectivity index (χ2v) is 6.97. The molecule has 28 heavy (non-hydrogen) atoms. The van der Waals surface area contributed by atoms with Gasteiger partial charge in [0.05, 0.1) is 10.7 Å². The first kappa shape index (κ1) is 19.9. The highest BCUT2D eigenvalue weighted by Gasteiger charge is 2.33. The summed E-state index contributed by atoms with van der Waals surface area (Å²) in [5.74, 6) is -1.62. The molecule has 144 valence electrons. The SMILES string of the molecule is C=C1c2ccccc2C(=O)N1CC(=O)O[C@@H](C)C(=O)Nc1ccc(Cl)cc1Cl. The largest absolute Gasteiger partial charge is 0.451 e. The Morgan fingerprint density at radius 2 is 1.86 bits per heavy atom. The molecule has 2 amide bonds. The van der Waals surface area contributed by atoms with E-state index in [0.717, 1.165) is 0 Å². The van der Waals surface area contributed by atoms with Gasteiger partial charge < -0.3 is 10.1 Å². The molecule has 2 aromatic carbocycles. The first-order chi connectivity index (χ1) is 13.3. The van der Waals surface area contributed by atoms with E-state index in [9.17, 15) is 14.4 Å². The average Bonchev–Trinajstić information content (AvgIpc) is 2.89. The Balaban J connectivity index is 1.59. The van der Waals surface area contributed by atoms with E-state index in [2.05, 4.69) is 11.9 Å². The Morgan fingerprint density at radius 3 is 2.50 bits per heavy atom. The van der Waals surface area contributed by atoms with Gasteiger partial charge in [-0.2, -0.15) is 0 Å². The van der Waals surface area contributed by atoms with Crippen molar-refractivity contribution >= 4 is 52.4 Å². The van der Waals surface area contributed by atoms with E-state index in [4.69, 9.17) is 27.9 Å². The van der Waals surface area contributed by atoms with E-state index in [0.29, 0.717) is 27.5 Å². The predicted molar refractivity (Wildman–Crippen MR) is 107 cm³/mol. The molecule has 0 aromatic heterocycles. The number of carbonyl (C=O) groups excluding carboxylic acids is 3. The van der Waals surface area contributed by atoms with Crippen LogP contribution in [0.25, 0.3) is 5.70 Å². The number of hydrogen-bond acceptors (Lipinski definition) is 4. The lowest BCUT2D eigenvalue weighted by molar-refractivity contribution is -0.153. The van der Waals surface area contributed by atoms with Gasteiger partial charge >= 0.3 is 5.97 Å². The van der Waals surface area contributed by atoms with Crippen molar-refractivity contribution in [1.82, 2.24) is 4.90 Å². The summed E-state index contributed by atoms with van der Waals surface area (Å²) < 4.78 is 5.15. The Hall–Kier alpha value is -2.83. The highest BCUT2D eigenvalue weighted by Crippen LogP contribution is 2.31. The van der Waals surface area contributed by atoms with Crippen molar-refractivity contribution in [2.75, 3.05) is 11.9 Å². The molecule has 2 aromatic rings. The normalized spacial score (nSPS) is 13.9. The third-order valence-corrected chi connectivity index (χ3v) is 4.74. The predicted octanol–water partition coefficient (Wildman–Crippen LogP) is 3.99. The van der Waals surface area contributed by atoms with Crippen LogP contribution in [0.5, 0.6) is 0 Å². The zero-order valence-electron chi connectivity index (χ0n) is 14.9. The third-order valence-electron chi connectivity index (χ3n) is 4.19. The number of amides is 2. The maximum atomic E-state index is 12.4. The Labute approximate surface area is 171 Å². The van der Waals surface area contributed by atoms with E-state index >= 15 is 0 Å². The van der Waals surface area contributed by atoms with Crippen LogP contribution < -0.4 is 5.32 Å². The number of ether oxygens (including phenoxy) is 1. The quantitative estimate of drug-likeness (QED) is 0.744. The van der Waals surface area contributed by atoms with Crippen LogP contribution in [0.1, 0.15) is 22.8 Å². The number of benzene rings is 2. The van der Waals surface area contributed by atoms with Crippen LogP contribution >= 0.6 is 23.2 Å². The molecular formula is C20H16Cl2N2O4. The van der Waals surface area contributed by atoms with Crippen molar-refractivity contribution in [3.8, 4) is 0 Å². The number of carbonyl (C=O) groups is 3. The fraction of sp³-hybridized carbons (Fsp3) is 0.150. The highest BCUT2D eigenvalue weighted by molar-refractivity contribution is 6.36. The van der Waals surface area contributed by atoms with Crippen LogP contribution in [0.4, 0.5) is 5.69 Å². The minimum Gasteiger partial charge on any atom is -0.451 e. The lowest BCUT2D eigenvalue weighted by Crippen LogP contribution is -2.35. The van der Waals surface area contributed by atoms with Crippen LogP contribution in [0.2, 0.25) is 10.0 Å². The van der Waals surface area contributed by atoms with E-state index in [-0.39, 0.29) is 17.5 Å². The molecule has 3 rings (SSSR count). The zero-order chi connectivity index (χ0) is 20.4. The Morgan fingerprint density at radius 1 is 1.18 bits per heavy atom. The summed E-state index contributed by atoms with van der Waals surface area (Å²) in [7, 11) is 0. The summed E-state index contributed by atoms with van der Waals surface area (Å²) in [5.41, 5.74) is 1.91. The summed E-state index contributed by atoms with van der Waals surface area (Å²) in [6, 6.07) is 11.5. The molecule has 0 unspecified atom stereocenters. The lowest BCUT2D eigenvalue weighted by atomic mass is 10.1. The molecule has 8 heteroatoms. The molecule has 1 aliphatic rings. The van der Waals surface area contributed by atoms with Gasteiger partial charge in [-0.05, 0) is 31.2 Å². The first-order valence-electron chi connectivity index (χ1n) is 8.33. The molecular weight excluding hydrogens is 403 g/mol. The lowest BCUT2D eigenvalue weighted by Gasteiger charge is -2.19. The zero-order valence-corrected chi connectivity index (χ0v) is 16.4. The van der Waals surface area contributed by atoms with Gasteiger partial charge in [0, 0.05) is 21.8 Å². The van der Waals surface area contributed by atoms with Gasteiger partial charge in [-0.3, -0.25) is 19.3 Å². The van der Waals surface area contributed by atoms with Crippen LogP contribution in [-0.2, 0) is 14.3 Å². The fourth-order valence-corrected chi connectivity index (χ4v) is 3.20. The van der Waals surface area contributed by atoms with Crippen molar-refractivity contribution in [2.24, 2.45) is 0 Å². The number of rotatable bonds is 5. The van der Waals surface area contributed by atoms with Gasteiger partial charge in [-0.15, -0.1) is 0 Å². The number of fused-ring (bicyclic) bond motifs is 1. The van der Waals surface area contributed by atoms with Gasteiger partial charge in [-0.25, -0.2) is 0 Å². The van der Waals surface area contributed by atoms with Crippen LogP contribution in [-0.4, -0.2) is 35.3 Å². The van der Waals surface area contributed by atoms with Gasteiger partial charge in [0.15, 0.2) is 6.10 Å². The molecule has 0 spiro atoms. The molecule has 1 atom stereocenters. The molecule has 0 fully saturated rings. The summed E-state index contributed by atoms with van der Waals surface area (Å²) >= 11 is 11.8. The van der Waals surface area contributed by atoms with E-state index in [1.165, 1.54) is 17.9 Å². The number of nitrogens with zero attached hydrogens (tertiary/aromatic N) is 1. The monoisotopic (exact) mass is 418 g/mol. The Kier molecular flexibility index (Phi) is 5.72.